The smallest absolute Gasteiger partial charge is 0.0642 e. The lowest BCUT2D eigenvalue weighted by molar-refractivity contribution is 0.122. The molecule has 0 bridgehead atoms. The summed E-state index contributed by atoms with van der Waals surface area (Å²) in [4.78, 5) is 2.42. The summed E-state index contributed by atoms with van der Waals surface area (Å²) in [6.45, 7) is 6.07. The van der Waals surface area contributed by atoms with E-state index >= 15 is 0 Å². The summed E-state index contributed by atoms with van der Waals surface area (Å²) < 4.78 is 5.43. The molecule has 1 aromatic rings. The van der Waals surface area contributed by atoms with Gasteiger partial charge in [0.1, 0.15) is 0 Å². The molecule has 0 unspecified atom stereocenters. The second-order valence-corrected chi connectivity index (χ2v) is 6.16. The third-order valence-electron chi connectivity index (χ3n) is 4.69. The van der Waals surface area contributed by atoms with Crippen molar-refractivity contribution in [2.45, 2.75) is 38.6 Å². The van der Waals surface area contributed by atoms with Gasteiger partial charge in [-0.25, -0.2) is 0 Å². The fraction of sp³-hybridized carbons (Fsp3) is 0.647. The molecule has 1 aliphatic heterocycles. The van der Waals surface area contributed by atoms with Crippen LogP contribution < -0.4 is 10.2 Å². The Morgan fingerprint density at radius 1 is 1.15 bits per heavy atom. The molecule has 2 fully saturated rings. The Labute approximate surface area is 122 Å². The van der Waals surface area contributed by atoms with Gasteiger partial charge in [0.25, 0.3) is 0 Å². The third kappa shape index (κ3) is 3.26. The molecule has 3 nitrogen and oxygen atoms in total. The molecular formula is C17H26N2O. The van der Waals surface area contributed by atoms with Crippen molar-refractivity contribution < 1.29 is 4.74 Å². The third-order valence-corrected chi connectivity index (χ3v) is 4.69. The van der Waals surface area contributed by atoms with E-state index in [0.717, 1.165) is 32.2 Å². The van der Waals surface area contributed by atoms with Crippen LogP contribution in [0.1, 0.15) is 32.6 Å². The average Bonchev–Trinajstić information content (AvgIpc) is 2.51. The van der Waals surface area contributed by atoms with E-state index in [9.17, 15) is 0 Å². The lowest BCUT2D eigenvalue weighted by Crippen LogP contribution is -2.36. The van der Waals surface area contributed by atoms with Crippen LogP contribution in [0.4, 0.5) is 11.4 Å². The molecule has 0 aromatic heterocycles. The molecule has 1 saturated heterocycles. The first-order chi connectivity index (χ1) is 9.83. The van der Waals surface area contributed by atoms with Crippen molar-refractivity contribution >= 4 is 11.4 Å². The predicted molar refractivity (Wildman–Crippen MR) is 84.5 cm³/mol. The van der Waals surface area contributed by atoms with Crippen LogP contribution in [0.5, 0.6) is 0 Å². The monoisotopic (exact) mass is 274 g/mol. The van der Waals surface area contributed by atoms with E-state index in [4.69, 9.17) is 4.74 Å². The van der Waals surface area contributed by atoms with Crippen molar-refractivity contribution in [2.75, 3.05) is 36.5 Å². The van der Waals surface area contributed by atoms with Crippen molar-refractivity contribution in [2.24, 2.45) is 5.92 Å². The van der Waals surface area contributed by atoms with Gasteiger partial charge < -0.3 is 15.0 Å². The maximum absolute atomic E-state index is 5.43. The van der Waals surface area contributed by atoms with Crippen LogP contribution in [0.3, 0.4) is 0 Å². The number of rotatable bonds is 3. The van der Waals surface area contributed by atoms with Crippen molar-refractivity contribution in [3.8, 4) is 0 Å². The molecule has 1 aliphatic carbocycles. The zero-order valence-corrected chi connectivity index (χ0v) is 12.5. The molecule has 1 heterocycles. The highest BCUT2D eigenvalue weighted by Gasteiger charge is 2.21. The van der Waals surface area contributed by atoms with Gasteiger partial charge in [0, 0.05) is 30.5 Å². The summed E-state index contributed by atoms with van der Waals surface area (Å²) in [7, 11) is 0. The zero-order chi connectivity index (χ0) is 13.8. The molecule has 3 heteroatoms. The van der Waals surface area contributed by atoms with Gasteiger partial charge in [-0.3, -0.25) is 0 Å². The number of morpholine rings is 1. The van der Waals surface area contributed by atoms with Gasteiger partial charge in [-0.05, 0) is 37.0 Å². The molecule has 0 spiro atoms. The van der Waals surface area contributed by atoms with Crippen molar-refractivity contribution in [1.82, 2.24) is 0 Å². The number of benzene rings is 1. The van der Waals surface area contributed by atoms with Gasteiger partial charge in [-0.2, -0.15) is 0 Å². The SMILES string of the molecule is C[C@H]1CCCC[C@@H]1Nc1cccc(N2CCOCC2)c1. The first-order valence-corrected chi connectivity index (χ1v) is 8.02. The van der Waals surface area contributed by atoms with Gasteiger partial charge in [0.2, 0.25) is 0 Å². The van der Waals surface area contributed by atoms with Crippen LogP contribution in [-0.4, -0.2) is 32.3 Å². The molecule has 1 aromatic carbocycles. The fourth-order valence-electron chi connectivity index (χ4n) is 3.36. The number of nitrogens with one attached hydrogen (secondary N) is 1. The number of hydrogen-bond donors (Lipinski definition) is 1. The Bertz CT molecular complexity index is 429. The van der Waals surface area contributed by atoms with E-state index in [-0.39, 0.29) is 0 Å². The molecule has 0 radical (unpaired) electrons. The molecule has 0 amide bonds. The molecule has 1 saturated carbocycles. The highest BCUT2D eigenvalue weighted by atomic mass is 16.5. The largest absolute Gasteiger partial charge is 0.382 e. The minimum atomic E-state index is 0.642. The lowest BCUT2D eigenvalue weighted by Gasteiger charge is -2.32. The summed E-state index contributed by atoms with van der Waals surface area (Å²) >= 11 is 0. The maximum atomic E-state index is 5.43. The fourth-order valence-corrected chi connectivity index (χ4v) is 3.36. The van der Waals surface area contributed by atoms with E-state index in [0.29, 0.717) is 6.04 Å². The number of nitrogens with zero attached hydrogens (tertiary/aromatic N) is 1. The Morgan fingerprint density at radius 2 is 1.95 bits per heavy atom. The van der Waals surface area contributed by atoms with Gasteiger partial charge in [0.05, 0.1) is 13.2 Å². The standard InChI is InChI=1S/C17H26N2O/c1-14-5-2-3-8-17(14)18-15-6-4-7-16(13-15)19-9-11-20-12-10-19/h4,6-7,13-14,17-18H,2-3,5,8-12H2,1H3/t14-,17-/m0/s1. The Balaban J connectivity index is 1.67. The Kier molecular flexibility index (Phi) is 4.46. The van der Waals surface area contributed by atoms with Crippen molar-refractivity contribution in [1.29, 1.82) is 0 Å². The maximum Gasteiger partial charge on any atom is 0.0642 e. The van der Waals surface area contributed by atoms with Gasteiger partial charge in [-0.1, -0.05) is 25.8 Å². The molecule has 110 valence electrons. The van der Waals surface area contributed by atoms with Crippen LogP contribution in [0.25, 0.3) is 0 Å². The lowest BCUT2D eigenvalue weighted by atomic mass is 9.86. The normalized spacial score (nSPS) is 27.4. The molecule has 20 heavy (non-hydrogen) atoms. The molecule has 1 N–H and O–H groups in total. The van der Waals surface area contributed by atoms with Crippen LogP contribution in [0.15, 0.2) is 24.3 Å². The van der Waals surface area contributed by atoms with Gasteiger partial charge in [-0.15, -0.1) is 0 Å². The number of hydrogen-bond acceptors (Lipinski definition) is 3. The van der Waals surface area contributed by atoms with Crippen LogP contribution in [-0.2, 0) is 4.74 Å². The minimum absolute atomic E-state index is 0.642. The van der Waals surface area contributed by atoms with Crippen molar-refractivity contribution in [3.63, 3.8) is 0 Å². The highest BCUT2D eigenvalue weighted by Crippen LogP contribution is 2.28. The van der Waals surface area contributed by atoms with Crippen molar-refractivity contribution in [3.05, 3.63) is 24.3 Å². The Morgan fingerprint density at radius 3 is 2.75 bits per heavy atom. The average molecular weight is 274 g/mol. The molecule has 2 atom stereocenters. The molecule has 3 rings (SSSR count). The quantitative estimate of drug-likeness (QED) is 0.913. The Hall–Kier alpha value is -1.22. The second-order valence-electron chi connectivity index (χ2n) is 6.16. The predicted octanol–water partition coefficient (Wildman–Crippen LogP) is 3.51. The summed E-state index contributed by atoms with van der Waals surface area (Å²) in [5, 5.41) is 3.75. The number of ether oxygens (including phenoxy) is 1. The highest BCUT2D eigenvalue weighted by molar-refractivity contribution is 5.58. The van der Waals surface area contributed by atoms with E-state index < -0.39 is 0 Å². The summed E-state index contributed by atoms with van der Waals surface area (Å²) in [5.74, 6) is 0.788. The first-order valence-electron chi connectivity index (χ1n) is 8.02. The van der Waals surface area contributed by atoms with Crippen LogP contribution in [0, 0.1) is 5.92 Å². The first kappa shape index (κ1) is 13.7. The van der Waals surface area contributed by atoms with Gasteiger partial charge in [0.15, 0.2) is 0 Å². The minimum Gasteiger partial charge on any atom is -0.382 e. The summed E-state index contributed by atoms with van der Waals surface area (Å²) in [6.07, 6.45) is 5.43. The van der Waals surface area contributed by atoms with E-state index in [1.807, 2.05) is 0 Å². The molecular weight excluding hydrogens is 248 g/mol. The second kappa shape index (κ2) is 6.49. The van der Waals surface area contributed by atoms with Crippen LogP contribution in [0.2, 0.25) is 0 Å². The summed E-state index contributed by atoms with van der Waals surface area (Å²) in [6, 6.07) is 9.52. The van der Waals surface area contributed by atoms with E-state index in [1.54, 1.807) is 0 Å². The number of anilines is 2. The molecule has 2 aliphatic rings. The van der Waals surface area contributed by atoms with Gasteiger partial charge >= 0.3 is 0 Å². The summed E-state index contributed by atoms with van der Waals surface area (Å²) in [5.41, 5.74) is 2.59. The zero-order valence-electron chi connectivity index (χ0n) is 12.5. The van der Waals surface area contributed by atoms with E-state index in [2.05, 4.69) is 41.4 Å². The van der Waals surface area contributed by atoms with Crippen LogP contribution >= 0.6 is 0 Å². The topological polar surface area (TPSA) is 24.5 Å². The van der Waals surface area contributed by atoms with E-state index in [1.165, 1.54) is 37.1 Å².